The van der Waals surface area contributed by atoms with E-state index in [1.165, 1.54) is 89.9 Å². The molecule has 0 aromatic rings. The summed E-state index contributed by atoms with van der Waals surface area (Å²) in [7, 11) is 0. The third kappa shape index (κ3) is 34.5. The average Bonchev–Trinajstić information content (AvgIpc) is 2.54. The smallest absolute Gasteiger partial charge is 0.343 e. The second kappa shape index (κ2) is 30.2. The maximum absolute atomic E-state index is 3.82. The van der Waals surface area contributed by atoms with Crippen LogP contribution in [0, 0.1) is 13.8 Å². The van der Waals surface area contributed by atoms with E-state index in [2.05, 4.69) is 27.0 Å². The van der Waals surface area contributed by atoms with E-state index in [1.807, 2.05) is 12.2 Å². The van der Waals surface area contributed by atoms with Crippen LogP contribution in [0.25, 0.3) is 0 Å². The van der Waals surface area contributed by atoms with E-state index in [0.717, 1.165) is 12.8 Å². The predicted octanol–water partition coefficient (Wildman–Crippen LogP) is 7.87. The summed E-state index contributed by atoms with van der Waals surface area (Å²) in [4.78, 5) is 0. The van der Waals surface area contributed by atoms with Crippen molar-refractivity contribution < 1.29 is 0 Å². The van der Waals surface area contributed by atoms with Gasteiger partial charge in [-0.15, -0.1) is 13.2 Å². The van der Waals surface area contributed by atoms with Crippen LogP contribution in [-0.2, 0) is 0 Å². The van der Waals surface area contributed by atoms with E-state index in [0.29, 0.717) is 0 Å². The van der Waals surface area contributed by atoms with E-state index < -0.39 is 0 Å². The van der Waals surface area contributed by atoms with Crippen LogP contribution in [0.15, 0.2) is 25.3 Å². The number of unbranched alkanes of at least 4 members (excludes halogenated alkanes) is 14. The SMILES string of the molecule is C=CCCCCCCCC[CH2-].C=CCCCCCCCC[CH2-].[Mg+2]. The van der Waals surface area contributed by atoms with Crippen LogP contribution in [0.1, 0.15) is 103 Å². The van der Waals surface area contributed by atoms with Crippen LogP contribution < -0.4 is 0 Å². The monoisotopic (exact) mass is 330 g/mol. The molecule has 0 aliphatic heterocycles. The van der Waals surface area contributed by atoms with Crippen molar-refractivity contribution in [3.05, 3.63) is 39.2 Å². The van der Waals surface area contributed by atoms with Gasteiger partial charge < -0.3 is 13.8 Å². The Balaban J connectivity index is -0.000000333. The quantitative estimate of drug-likeness (QED) is 0.117. The molecule has 0 saturated carbocycles. The molecule has 0 nitrogen and oxygen atoms in total. The minimum absolute atomic E-state index is 0. The first-order valence-electron chi connectivity index (χ1n) is 9.63. The van der Waals surface area contributed by atoms with E-state index in [4.69, 9.17) is 0 Å². The van der Waals surface area contributed by atoms with E-state index in [9.17, 15) is 0 Å². The maximum atomic E-state index is 3.82. The third-order valence-electron chi connectivity index (χ3n) is 3.82. The van der Waals surface area contributed by atoms with Gasteiger partial charge in [0.05, 0.1) is 0 Å². The molecule has 0 amide bonds. The molecule has 0 atom stereocenters. The molecule has 0 N–H and O–H groups in total. The fourth-order valence-electron chi connectivity index (χ4n) is 2.35. The Labute approximate surface area is 164 Å². The Morgan fingerprint density at radius 3 is 1.00 bits per heavy atom. The Morgan fingerprint density at radius 2 is 0.739 bits per heavy atom. The maximum Gasteiger partial charge on any atom is 2.00 e. The molecule has 0 rings (SSSR count). The number of rotatable bonds is 16. The van der Waals surface area contributed by atoms with Crippen molar-refractivity contribution in [3.63, 3.8) is 0 Å². The van der Waals surface area contributed by atoms with Gasteiger partial charge in [-0.2, -0.15) is 12.8 Å². The summed E-state index contributed by atoms with van der Waals surface area (Å²) in [5.74, 6) is 0. The minimum Gasteiger partial charge on any atom is -0.343 e. The number of hydrogen-bond acceptors (Lipinski definition) is 0. The van der Waals surface area contributed by atoms with Gasteiger partial charge >= 0.3 is 23.1 Å². The molecular weight excluding hydrogens is 289 g/mol. The average molecular weight is 331 g/mol. The summed E-state index contributed by atoms with van der Waals surface area (Å²) >= 11 is 0. The van der Waals surface area contributed by atoms with Crippen molar-refractivity contribution in [2.45, 2.75) is 103 Å². The molecule has 0 aromatic carbocycles. The van der Waals surface area contributed by atoms with Crippen molar-refractivity contribution in [1.29, 1.82) is 0 Å². The number of hydrogen-bond donors (Lipinski definition) is 0. The third-order valence-corrected chi connectivity index (χ3v) is 3.82. The molecule has 0 spiro atoms. The van der Waals surface area contributed by atoms with Crippen molar-refractivity contribution in [2.75, 3.05) is 0 Å². The predicted molar refractivity (Wildman–Crippen MR) is 111 cm³/mol. The Bertz CT molecular complexity index is 176. The standard InChI is InChI=1S/2C11H21.Mg/c2*1-3-5-7-9-11-10-8-6-4-2;/h2*3H,1-2,4-11H2;/q2*-1;+2. The molecule has 0 saturated heterocycles. The van der Waals surface area contributed by atoms with Crippen molar-refractivity contribution in [1.82, 2.24) is 0 Å². The fourth-order valence-corrected chi connectivity index (χ4v) is 2.35. The van der Waals surface area contributed by atoms with Gasteiger partial charge in [0.1, 0.15) is 0 Å². The molecule has 0 heterocycles. The van der Waals surface area contributed by atoms with Gasteiger partial charge in [0.2, 0.25) is 0 Å². The second-order valence-corrected chi connectivity index (χ2v) is 6.10. The van der Waals surface area contributed by atoms with Crippen LogP contribution in [0.4, 0.5) is 0 Å². The molecule has 0 radical (unpaired) electrons. The van der Waals surface area contributed by atoms with Crippen LogP contribution in [-0.4, -0.2) is 23.1 Å². The van der Waals surface area contributed by atoms with Crippen molar-refractivity contribution in [3.8, 4) is 0 Å². The molecule has 0 bridgehead atoms. The summed E-state index contributed by atoms with van der Waals surface area (Å²) in [6, 6.07) is 0. The molecular formula is C22H42Mg. The normalized spacial score (nSPS) is 9.48. The summed E-state index contributed by atoms with van der Waals surface area (Å²) in [5.41, 5.74) is 0. The van der Waals surface area contributed by atoms with Crippen LogP contribution in [0.5, 0.6) is 0 Å². The first kappa shape index (κ1) is 28.1. The van der Waals surface area contributed by atoms with E-state index >= 15 is 0 Å². The van der Waals surface area contributed by atoms with Crippen LogP contribution >= 0.6 is 0 Å². The minimum atomic E-state index is 0. The summed E-state index contributed by atoms with van der Waals surface area (Å²) in [5, 5.41) is 0. The zero-order chi connectivity index (χ0) is 16.7. The van der Waals surface area contributed by atoms with Gasteiger partial charge in [-0.25, -0.2) is 0 Å². The largest absolute Gasteiger partial charge is 2.00 e. The fraction of sp³-hybridized carbons (Fsp3) is 0.727. The molecule has 132 valence electrons. The molecule has 0 fully saturated rings. The molecule has 0 unspecified atom stereocenters. The van der Waals surface area contributed by atoms with Gasteiger partial charge in [-0.05, 0) is 25.7 Å². The number of allylic oxidation sites excluding steroid dienone is 2. The first-order valence-corrected chi connectivity index (χ1v) is 9.63. The van der Waals surface area contributed by atoms with Gasteiger partial charge in [-0.3, -0.25) is 0 Å². The van der Waals surface area contributed by atoms with Gasteiger partial charge in [-0.1, -0.05) is 76.4 Å². The zero-order valence-corrected chi connectivity index (χ0v) is 17.4. The van der Waals surface area contributed by atoms with Crippen LogP contribution in [0.2, 0.25) is 0 Å². The van der Waals surface area contributed by atoms with E-state index in [1.54, 1.807) is 0 Å². The van der Waals surface area contributed by atoms with Gasteiger partial charge in [0.15, 0.2) is 0 Å². The topological polar surface area (TPSA) is 0 Å². The van der Waals surface area contributed by atoms with Crippen molar-refractivity contribution >= 4 is 23.1 Å². The summed E-state index contributed by atoms with van der Waals surface area (Å²) < 4.78 is 0. The molecule has 0 aromatic heterocycles. The molecule has 23 heavy (non-hydrogen) atoms. The Morgan fingerprint density at radius 1 is 0.478 bits per heavy atom. The summed E-state index contributed by atoms with van der Waals surface area (Å²) in [6.45, 7) is 15.0. The molecule has 0 aliphatic rings. The van der Waals surface area contributed by atoms with E-state index in [-0.39, 0.29) is 23.1 Å². The Kier molecular flexibility index (Phi) is 36.8. The van der Waals surface area contributed by atoms with Gasteiger partial charge in [0.25, 0.3) is 0 Å². The van der Waals surface area contributed by atoms with Crippen LogP contribution in [0.3, 0.4) is 0 Å². The second-order valence-electron chi connectivity index (χ2n) is 6.10. The van der Waals surface area contributed by atoms with Crippen molar-refractivity contribution in [2.24, 2.45) is 0 Å². The summed E-state index contributed by atoms with van der Waals surface area (Å²) in [6.07, 6.45) is 25.0. The zero-order valence-electron chi connectivity index (χ0n) is 16.0. The van der Waals surface area contributed by atoms with Gasteiger partial charge in [0, 0.05) is 0 Å². The molecule has 1 heteroatoms. The Hall–Kier alpha value is 0.246. The first-order chi connectivity index (χ1) is 10.8. The molecule has 0 aliphatic carbocycles.